The highest BCUT2D eigenvalue weighted by atomic mass is 16.5. The Morgan fingerprint density at radius 1 is 1.36 bits per heavy atom. The molecule has 0 bridgehead atoms. The normalized spacial score (nSPS) is 22.4. The molecule has 1 aromatic rings. The average Bonchev–Trinajstić information content (AvgIpc) is 3.18. The minimum atomic E-state index is -1.57. The second-order valence-electron chi connectivity index (χ2n) is 6.47. The van der Waals surface area contributed by atoms with E-state index in [2.05, 4.69) is 20.8 Å². The zero-order valence-electron chi connectivity index (χ0n) is 15.0. The van der Waals surface area contributed by atoms with E-state index in [1.807, 2.05) is 0 Å². The van der Waals surface area contributed by atoms with Gasteiger partial charge in [0.2, 0.25) is 5.91 Å². The summed E-state index contributed by atoms with van der Waals surface area (Å²) in [5.41, 5.74) is 10.9. The number of β-amino-alcohol motifs (C(OH)–C–C–N with tert-alkyl or cyclic N) is 1. The lowest BCUT2D eigenvalue weighted by atomic mass is 10.2. The lowest BCUT2D eigenvalue weighted by Crippen LogP contribution is -2.52. The van der Waals surface area contributed by atoms with E-state index in [-0.39, 0.29) is 24.9 Å². The molecule has 0 saturated carbocycles. The SMILES string of the molecule is CC(O)[C@H](NC(=O)NC(CC(N)=O)c1nc(N2C[C@H](N)[C@@H](O)C2)no1)C(=O)O. The summed E-state index contributed by atoms with van der Waals surface area (Å²) in [6, 6.07) is -4.18. The Balaban J connectivity index is 2.10. The van der Waals surface area contributed by atoms with Gasteiger partial charge in [0.25, 0.3) is 11.8 Å². The zero-order chi connectivity index (χ0) is 21.0. The van der Waals surface area contributed by atoms with Crippen molar-refractivity contribution in [3.8, 4) is 0 Å². The first-order valence-corrected chi connectivity index (χ1v) is 8.36. The molecule has 1 aliphatic heterocycles. The molecule has 28 heavy (non-hydrogen) atoms. The number of aliphatic hydroxyl groups excluding tert-OH is 2. The molecule has 3 amide bonds. The maximum Gasteiger partial charge on any atom is 0.328 e. The minimum Gasteiger partial charge on any atom is -0.480 e. The number of nitrogens with zero attached hydrogens (tertiary/aromatic N) is 3. The maximum atomic E-state index is 12.1. The first-order valence-electron chi connectivity index (χ1n) is 8.36. The van der Waals surface area contributed by atoms with Crippen molar-refractivity contribution in [3.05, 3.63) is 5.89 Å². The Labute approximate surface area is 158 Å². The number of hydrogen-bond donors (Lipinski definition) is 7. The minimum absolute atomic E-state index is 0.103. The van der Waals surface area contributed by atoms with Gasteiger partial charge in [-0.15, -0.1) is 0 Å². The number of aliphatic carboxylic acids is 1. The van der Waals surface area contributed by atoms with Crippen LogP contribution in [-0.2, 0) is 9.59 Å². The lowest BCUT2D eigenvalue weighted by molar-refractivity contribution is -0.141. The number of nitrogens with one attached hydrogen (secondary N) is 2. The molecule has 2 rings (SSSR count). The van der Waals surface area contributed by atoms with E-state index in [0.717, 1.165) is 0 Å². The highest BCUT2D eigenvalue weighted by Crippen LogP contribution is 2.21. The number of anilines is 1. The Bertz CT molecular complexity index is 715. The number of primary amides is 1. The summed E-state index contributed by atoms with van der Waals surface area (Å²) in [7, 11) is 0. The van der Waals surface area contributed by atoms with Gasteiger partial charge >= 0.3 is 12.0 Å². The highest BCUT2D eigenvalue weighted by Gasteiger charge is 2.33. The molecule has 2 heterocycles. The molecule has 14 heteroatoms. The van der Waals surface area contributed by atoms with Crippen molar-refractivity contribution in [2.24, 2.45) is 11.5 Å². The summed E-state index contributed by atoms with van der Waals surface area (Å²) in [6.07, 6.45) is -2.52. The standard InChI is InChI=1S/C14H23N7O7/c1-5(22)10(12(25)26)18-14(27)17-7(2-9(16)24)11-19-13(20-28-11)21-3-6(15)8(23)4-21/h5-8,10,22-23H,2-4,15H2,1H3,(H2,16,24)(H,25,26)(H2,17,18,27)/t5?,6-,7?,8-,10-/m0/s1. The fourth-order valence-corrected chi connectivity index (χ4v) is 2.60. The van der Waals surface area contributed by atoms with Crippen molar-refractivity contribution in [2.45, 2.75) is 43.7 Å². The smallest absolute Gasteiger partial charge is 0.328 e. The van der Waals surface area contributed by atoms with E-state index in [9.17, 15) is 24.6 Å². The van der Waals surface area contributed by atoms with Crippen LogP contribution in [-0.4, -0.2) is 80.7 Å². The average molecular weight is 401 g/mol. The molecule has 1 fully saturated rings. The lowest BCUT2D eigenvalue weighted by Gasteiger charge is -2.19. The van der Waals surface area contributed by atoms with Crippen LogP contribution in [0, 0.1) is 0 Å². The molecule has 14 nitrogen and oxygen atoms in total. The van der Waals surface area contributed by atoms with Gasteiger partial charge in [0.15, 0.2) is 6.04 Å². The molecule has 0 radical (unpaired) electrons. The number of aliphatic hydroxyl groups is 2. The Hall–Kier alpha value is -2.97. The third-order valence-electron chi connectivity index (χ3n) is 4.09. The van der Waals surface area contributed by atoms with Crippen LogP contribution in [0.5, 0.6) is 0 Å². The van der Waals surface area contributed by atoms with Crippen LogP contribution in [0.15, 0.2) is 4.52 Å². The molecule has 1 aliphatic rings. The van der Waals surface area contributed by atoms with Crippen LogP contribution < -0.4 is 27.0 Å². The Morgan fingerprint density at radius 2 is 2.04 bits per heavy atom. The van der Waals surface area contributed by atoms with E-state index in [1.54, 1.807) is 4.90 Å². The van der Waals surface area contributed by atoms with Gasteiger partial charge in [-0.25, -0.2) is 9.59 Å². The maximum absolute atomic E-state index is 12.1. The molecule has 0 aliphatic carbocycles. The zero-order valence-corrected chi connectivity index (χ0v) is 15.0. The molecular formula is C14H23N7O7. The second-order valence-corrected chi connectivity index (χ2v) is 6.47. The molecule has 0 aromatic carbocycles. The fourth-order valence-electron chi connectivity index (χ4n) is 2.60. The van der Waals surface area contributed by atoms with Crippen LogP contribution in [0.3, 0.4) is 0 Å². The van der Waals surface area contributed by atoms with Gasteiger partial charge in [-0.3, -0.25) is 4.79 Å². The van der Waals surface area contributed by atoms with Crippen molar-refractivity contribution in [3.63, 3.8) is 0 Å². The summed E-state index contributed by atoms with van der Waals surface area (Å²) in [4.78, 5) is 40.1. The third kappa shape index (κ3) is 5.28. The number of rotatable bonds is 8. The summed E-state index contributed by atoms with van der Waals surface area (Å²) in [5, 5.41) is 36.2. The van der Waals surface area contributed by atoms with E-state index in [4.69, 9.17) is 21.1 Å². The predicted octanol–water partition coefficient (Wildman–Crippen LogP) is -3.37. The van der Waals surface area contributed by atoms with Gasteiger partial charge in [0.05, 0.1) is 18.6 Å². The Morgan fingerprint density at radius 3 is 2.54 bits per heavy atom. The predicted molar refractivity (Wildman–Crippen MR) is 91.8 cm³/mol. The summed E-state index contributed by atoms with van der Waals surface area (Å²) in [5.74, 6) is -2.27. The number of hydrogen-bond acceptors (Lipinski definition) is 10. The molecule has 156 valence electrons. The summed E-state index contributed by atoms with van der Waals surface area (Å²) >= 11 is 0. The number of nitrogens with two attached hydrogens (primary N) is 2. The van der Waals surface area contributed by atoms with E-state index in [0.29, 0.717) is 0 Å². The first-order chi connectivity index (χ1) is 13.1. The molecule has 2 unspecified atom stereocenters. The number of carboxylic acid groups (broad SMARTS) is 1. The third-order valence-corrected chi connectivity index (χ3v) is 4.09. The number of carbonyl (C=O) groups excluding carboxylic acids is 2. The van der Waals surface area contributed by atoms with Crippen LogP contribution in [0.4, 0.5) is 10.7 Å². The van der Waals surface area contributed by atoms with Crippen LogP contribution in [0.1, 0.15) is 25.3 Å². The Kier molecular flexibility index (Phi) is 6.71. The van der Waals surface area contributed by atoms with Crippen LogP contribution >= 0.6 is 0 Å². The van der Waals surface area contributed by atoms with E-state index in [1.165, 1.54) is 6.92 Å². The van der Waals surface area contributed by atoms with Gasteiger partial charge < -0.3 is 46.8 Å². The molecule has 5 atom stereocenters. The highest BCUT2D eigenvalue weighted by molar-refractivity contribution is 5.83. The molecule has 0 spiro atoms. The monoisotopic (exact) mass is 401 g/mol. The van der Waals surface area contributed by atoms with E-state index >= 15 is 0 Å². The largest absolute Gasteiger partial charge is 0.480 e. The van der Waals surface area contributed by atoms with Crippen molar-refractivity contribution >= 4 is 23.9 Å². The molecule has 1 aromatic heterocycles. The first kappa shape index (κ1) is 21.3. The quantitative estimate of drug-likeness (QED) is 0.227. The van der Waals surface area contributed by atoms with Crippen molar-refractivity contribution in [2.75, 3.05) is 18.0 Å². The van der Waals surface area contributed by atoms with Gasteiger partial charge in [-0.2, -0.15) is 4.98 Å². The van der Waals surface area contributed by atoms with Gasteiger partial charge in [-0.05, 0) is 12.1 Å². The van der Waals surface area contributed by atoms with Gasteiger partial charge in [0, 0.05) is 19.1 Å². The number of carbonyl (C=O) groups is 3. The number of urea groups is 1. The van der Waals surface area contributed by atoms with Crippen molar-refractivity contribution < 1.29 is 34.2 Å². The summed E-state index contributed by atoms with van der Waals surface area (Å²) < 4.78 is 5.07. The fraction of sp³-hybridized carbons (Fsp3) is 0.643. The molecular weight excluding hydrogens is 378 g/mol. The topological polar surface area (TPSA) is 230 Å². The van der Waals surface area contributed by atoms with E-state index < -0.39 is 54.7 Å². The number of aromatic nitrogens is 2. The second kappa shape index (κ2) is 8.81. The number of carboxylic acids is 1. The summed E-state index contributed by atoms with van der Waals surface area (Å²) in [6.45, 7) is 1.66. The molecule has 1 saturated heterocycles. The molecule has 9 N–H and O–H groups in total. The number of amides is 3. The van der Waals surface area contributed by atoms with Gasteiger partial charge in [0.1, 0.15) is 6.04 Å². The van der Waals surface area contributed by atoms with Gasteiger partial charge in [-0.1, -0.05) is 0 Å². The van der Waals surface area contributed by atoms with Crippen LogP contribution in [0.25, 0.3) is 0 Å². The van der Waals surface area contributed by atoms with Crippen LogP contribution in [0.2, 0.25) is 0 Å². The van der Waals surface area contributed by atoms with Crippen molar-refractivity contribution in [1.82, 2.24) is 20.8 Å². The van der Waals surface area contributed by atoms with Crippen molar-refractivity contribution in [1.29, 1.82) is 0 Å².